The van der Waals surface area contributed by atoms with Gasteiger partial charge in [0.05, 0.1) is 5.41 Å². The number of anilines is 1. The van der Waals surface area contributed by atoms with Crippen LogP contribution in [-0.2, 0) is 4.79 Å². The first-order valence-electron chi connectivity index (χ1n) is 6.65. The third-order valence-electron chi connectivity index (χ3n) is 2.94. The maximum Gasteiger partial charge on any atom is 0.251 e. The second-order valence-corrected chi connectivity index (χ2v) is 5.29. The van der Waals surface area contributed by atoms with Crippen molar-refractivity contribution in [1.82, 2.24) is 10.3 Å². The number of pyridine rings is 1. The van der Waals surface area contributed by atoms with Gasteiger partial charge in [-0.15, -0.1) is 0 Å². The molecule has 0 aliphatic carbocycles. The number of nitrogens with one attached hydrogen (secondary N) is 2. The summed E-state index contributed by atoms with van der Waals surface area (Å²) in [7, 11) is 0. The van der Waals surface area contributed by atoms with E-state index in [0.29, 0.717) is 11.4 Å². The molecule has 1 aromatic rings. The van der Waals surface area contributed by atoms with Gasteiger partial charge in [-0.2, -0.15) is 0 Å². The summed E-state index contributed by atoms with van der Waals surface area (Å²) >= 11 is 0. The zero-order valence-corrected chi connectivity index (χ0v) is 12.2. The molecule has 1 rings (SSSR count). The highest BCUT2D eigenvalue weighted by atomic mass is 16.2. The van der Waals surface area contributed by atoms with Crippen molar-refractivity contribution in [2.75, 3.05) is 18.4 Å². The molecular formula is C14H22N4O2. The number of nitrogens with two attached hydrogens (primary N) is 1. The Morgan fingerprint density at radius 1 is 1.40 bits per heavy atom. The monoisotopic (exact) mass is 278 g/mol. The van der Waals surface area contributed by atoms with E-state index in [1.165, 1.54) is 0 Å². The molecule has 0 bridgehead atoms. The van der Waals surface area contributed by atoms with Crippen LogP contribution in [0.1, 0.15) is 37.6 Å². The molecule has 6 heteroatoms. The SMILES string of the molecule is CCCNc1cc(C(=O)NCC(C)(C)C(N)=O)ccn1. The summed E-state index contributed by atoms with van der Waals surface area (Å²) in [5.41, 5.74) is 4.99. The second kappa shape index (κ2) is 6.88. The van der Waals surface area contributed by atoms with Crippen molar-refractivity contribution in [2.24, 2.45) is 11.1 Å². The third kappa shape index (κ3) is 4.53. The van der Waals surface area contributed by atoms with Gasteiger partial charge in [0.15, 0.2) is 0 Å². The number of amides is 2. The van der Waals surface area contributed by atoms with E-state index in [9.17, 15) is 9.59 Å². The molecule has 20 heavy (non-hydrogen) atoms. The van der Waals surface area contributed by atoms with Crippen molar-refractivity contribution in [3.05, 3.63) is 23.9 Å². The predicted octanol–water partition coefficient (Wildman–Crippen LogP) is 1.14. The van der Waals surface area contributed by atoms with Gasteiger partial charge >= 0.3 is 0 Å². The fourth-order valence-electron chi connectivity index (χ4n) is 1.41. The van der Waals surface area contributed by atoms with Crippen molar-refractivity contribution < 1.29 is 9.59 Å². The Labute approximate surface area is 119 Å². The molecule has 0 unspecified atom stereocenters. The molecule has 2 amide bonds. The molecule has 0 atom stereocenters. The Morgan fingerprint density at radius 2 is 2.10 bits per heavy atom. The largest absolute Gasteiger partial charge is 0.370 e. The van der Waals surface area contributed by atoms with E-state index >= 15 is 0 Å². The molecule has 1 heterocycles. The molecule has 4 N–H and O–H groups in total. The van der Waals surface area contributed by atoms with Gasteiger partial charge in [0, 0.05) is 24.8 Å². The van der Waals surface area contributed by atoms with Crippen LogP contribution in [0.15, 0.2) is 18.3 Å². The number of rotatable bonds is 7. The highest BCUT2D eigenvalue weighted by Crippen LogP contribution is 2.13. The van der Waals surface area contributed by atoms with E-state index in [-0.39, 0.29) is 12.5 Å². The minimum Gasteiger partial charge on any atom is -0.370 e. The summed E-state index contributed by atoms with van der Waals surface area (Å²) < 4.78 is 0. The summed E-state index contributed by atoms with van der Waals surface area (Å²) in [4.78, 5) is 27.3. The molecule has 0 fully saturated rings. The molecule has 0 radical (unpaired) electrons. The van der Waals surface area contributed by atoms with Gasteiger partial charge in [-0.1, -0.05) is 6.92 Å². The van der Waals surface area contributed by atoms with Crippen LogP contribution in [-0.4, -0.2) is 29.9 Å². The Morgan fingerprint density at radius 3 is 2.70 bits per heavy atom. The lowest BCUT2D eigenvalue weighted by molar-refractivity contribution is -0.125. The number of carbonyl (C=O) groups excluding carboxylic acids is 2. The maximum absolute atomic E-state index is 12.0. The van der Waals surface area contributed by atoms with Crippen LogP contribution in [0, 0.1) is 5.41 Å². The normalized spacial score (nSPS) is 10.9. The molecular weight excluding hydrogens is 256 g/mol. The fourth-order valence-corrected chi connectivity index (χ4v) is 1.41. The molecule has 0 aliphatic heterocycles. The average Bonchev–Trinajstić information content (AvgIpc) is 2.42. The number of hydrogen-bond acceptors (Lipinski definition) is 4. The summed E-state index contributed by atoms with van der Waals surface area (Å²) in [6.07, 6.45) is 2.55. The summed E-state index contributed by atoms with van der Waals surface area (Å²) in [6, 6.07) is 3.31. The van der Waals surface area contributed by atoms with E-state index in [1.54, 1.807) is 32.2 Å². The lowest BCUT2D eigenvalue weighted by Crippen LogP contribution is -2.42. The first kappa shape index (κ1) is 15.9. The van der Waals surface area contributed by atoms with Crippen molar-refractivity contribution in [2.45, 2.75) is 27.2 Å². The van der Waals surface area contributed by atoms with Gasteiger partial charge < -0.3 is 16.4 Å². The maximum atomic E-state index is 12.0. The van der Waals surface area contributed by atoms with Crippen LogP contribution in [0.2, 0.25) is 0 Å². The Kier molecular flexibility index (Phi) is 5.49. The quantitative estimate of drug-likeness (QED) is 0.697. The average molecular weight is 278 g/mol. The van der Waals surface area contributed by atoms with E-state index in [4.69, 9.17) is 5.73 Å². The highest BCUT2D eigenvalue weighted by Gasteiger charge is 2.25. The first-order chi connectivity index (χ1) is 9.36. The summed E-state index contributed by atoms with van der Waals surface area (Å²) in [5, 5.41) is 5.82. The van der Waals surface area contributed by atoms with Gasteiger partial charge in [0.25, 0.3) is 5.91 Å². The smallest absolute Gasteiger partial charge is 0.251 e. The van der Waals surface area contributed by atoms with Crippen molar-refractivity contribution in [1.29, 1.82) is 0 Å². The molecule has 1 aromatic heterocycles. The van der Waals surface area contributed by atoms with E-state index in [0.717, 1.165) is 13.0 Å². The lowest BCUT2D eigenvalue weighted by atomic mass is 9.92. The van der Waals surface area contributed by atoms with Gasteiger partial charge in [-0.25, -0.2) is 4.98 Å². The number of aromatic nitrogens is 1. The molecule has 0 aliphatic rings. The number of primary amides is 1. The molecule has 0 aromatic carbocycles. The zero-order valence-electron chi connectivity index (χ0n) is 12.2. The van der Waals surface area contributed by atoms with Gasteiger partial charge in [-0.3, -0.25) is 9.59 Å². The van der Waals surface area contributed by atoms with E-state index in [2.05, 4.69) is 22.5 Å². The van der Waals surface area contributed by atoms with Crippen LogP contribution in [0.3, 0.4) is 0 Å². The third-order valence-corrected chi connectivity index (χ3v) is 2.94. The van der Waals surface area contributed by atoms with Crippen LogP contribution < -0.4 is 16.4 Å². The van der Waals surface area contributed by atoms with Crippen molar-refractivity contribution in [3.8, 4) is 0 Å². The van der Waals surface area contributed by atoms with Gasteiger partial charge in [0.2, 0.25) is 5.91 Å². The lowest BCUT2D eigenvalue weighted by Gasteiger charge is -2.20. The predicted molar refractivity (Wildman–Crippen MR) is 78.3 cm³/mol. The fraction of sp³-hybridized carbons (Fsp3) is 0.500. The van der Waals surface area contributed by atoms with E-state index in [1.807, 2.05) is 0 Å². The Hall–Kier alpha value is -2.11. The number of carbonyl (C=O) groups is 2. The zero-order chi connectivity index (χ0) is 15.2. The number of nitrogens with zero attached hydrogens (tertiary/aromatic N) is 1. The number of hydrogen-bond donors (Lipinski definition) is 3. The minimum atomic E-state index is -0.772. The Balaban J connectivity index is 2.66. The summed E-state index contributed by atoms with van der Waals surface area (Å²) in [5.74, 6) is -0.0345. The van der Waals surface area contributed by atoms with Crippen LogP contribution >= 0.6 is 0 Å². The van der Waals surface area contributed by atoms with Crippen molar-refractivity contribution in [3.63, 3.8) is 0 Å². The van der Waals surface area contributed by atoms with Gasteiger partial charge in [0.1, 0.15) is 5.82 Å². The van der Waals surface area contributed by atoms with Gasteiger partial charge in [-0.05, 0) is 32.4 Å². The van der Waals surface area contributed by atoms with Crippen LogP contribution in [0.5, 0.6) is 0 Å². The molecule has 0 saturated heterocycles. The van der Waals surface area contributed by atoms with Crippen LogP contribution in [0.4, 0.5) is 5.82 Å². The second-order valence-electron chi connectivity index (χ2n) is 5.29. The molecule has 0 spiro atoms. The Bertz CT molecular complexity index is 486. The standard InChI is InChI=1S/C14H22N4O2/c1-4-6-16-11-8-10(5-7-17-11)12(19)18-9-14(2,3)13(15)20/h5,7-8H,4,6,9H2,1-3H3,(H2,15,20)(H,16,17)(H,18,19). The first-order valence-corrected chi connectivity index (χ1v) is 6.65. The van der Waals surface area contributed by atoms with E-state index < -0.39 is 11.3 Å². The molecule has 6 nitrogen and oxygen atoms in total. The summed E-state index contributed by atoms with van der Waals surface area (Å²) in [6.45, 7) is 6.43. The minimum absolute atomic E-state index is 0.196. The highest BCUT2D eigenvalue weighted by molar-refractivity contribution is 5.95. The molecule has 110 valence electrons. The van der Waals surface area contributed by atoms with Crippen LogP contribution in [0.25, 0.3) is 0 Å². The van der Waals surface area contributed by atoms with Crippen molar-refractivity contribution >= 4 is 17.6 Å². The molecule has 0 saturated carbocycles. The topological polar surface area (TPSA) is 97.1 Å².